The third kappa shape index (κ3) is 5.98. The molecule has 0 spiro atoms. The van der Waals surface area contributed by atoms with Crippen molar-refractivity contribution in [2.24, 2.45) is 0 Å². The lowest BCUT2D eigenvalue weighted by atomic mass is 10.2. The van der Waals surface area contributed by atoms with Gasteiger partial charge < -0.3 is 14.4 Å². The number of hydrogen-bond acceptors (Lipinski definition) is 4. The molecule has 1 aliphatic carbocycles. The number of ether oxygens (including phenoxy) is 2. The molecule has 0 atom stereocenters. The van der Waals surface area contributed by atoms with E-state index in [0.29, 0.717) is 13.2 Å². The van der Waals surface area contributed by atoms with Gasteiger partial charge in [0.05, 0.1) is 13.5 Å². The maximum Gasteiger partial charge on any atom is 0.307 e. The second-order valence-electron chi connectivity index (χ2n) is 6.77. The number of carbonyl (C=O) groups is 2. The van der Waals surface area contributed by atoms with Crippen molar-refractivity contribution in [1.82, 2.24) is 4.90 Å². The van der Waals surface area contributed by atoms with Gasteiger partial charge in [0.1, 0.15) is 12.4 Å². The minimum Gasteiger partial charge on any atom is -0.489 e. The zero-order chi connectivity index (χ0) is 19.8. The highest BCUT2D eigenvalue weighted by atomic mass is 16.5. The van der Waals surface area contributed by atoms with Crippen LogP contribution in [-0.2, 0) is 20.9 Å². The number of hydrogen-bond donors (Lipinski definition) is 0. The molecule has 146 valence electrons. The zero-order valence-electron chi connectivity index (χ0n) is 16.0. The Labute approximate surface area is 165 Å². The lowest BCUT2D eigenvalue weighted by molar-refractivity contribution is -0.141. The van der Waals surface area contributed by atoms with Gasteiger partial charge in [-0.1, -0.05) is 42.5 Å². The first-order chi connectivity index (χ1) is 13.7. The van der Waals surface area contributed by atoms with E-state index in [1.165, 1.54) is 7.11 Å². The average Bonchev–Trinajstić information content (AvgIpc) is 3.57. The fraction of sp³-hybridized carbons (Fsp3) is 0.304. The summed E-state index contributed by atoms with van der Waals surface area (Å²) >= 11 is 0. The van der Waals surface area contributed by atoms with Crippen LogP contribution >= 0.6 is 0 Å². The van der Waals surface area contributed by atoms with E-state index in [-0.39, 0.29) is 24.3 Å². The van der Waals surface area contributed by atoms with Crippen molar-refractivity contribution in [3.8, 4) is 5.75 Å². The summed E-state index contributed by atoms with van der Waals surface area (Å²) in [6, 6.07) is 17.8. The molecule has 5 nitrogen and oxygen atoms in total. The van der Waals surface area contributed by atoms with E-state index >= 15 is 0 Å². The molecule has 0 unspecified atom stereocenters. The maximum absolute atomic E-state index is 12.6. The molecule has 0 heterocycles. The number of carbonyl (C=O) groups excluding carboxylic acids is 2. The van der Waals surface area contributed by atoms with Gasteiger partial charge in [-0.05, 0) is 42.2 Å². The Kier molecular flexibility index (Phi) is 6.84. The molecule has 1 fully saturated rings. The molecule has 1 amide bonds. The van der Waals surface area contributed by atoms with E-state index < -0.39 is 0 Å². The fourth-order valence-electron chi connectivity index (χ4n) is 2.88. The topological polar surface area (TPSA) is 55.8 Å². The largest absolute Gasteiger partial charge is 0.489 e. The molecule has 5 heteroatoms. The number of amides is 1. The van der Waals surface area contributed by atoms with Gasteiger partial charge in [0.2, 0.25) is 5.91 Å². The molecule has 0 saturated heterocycles. The van der Waals surface area contributed by atoms with Gasteiger partial charge in [-0.15, -0.1) is 0 Å². The predicted molar refractivity (Wildman–Crippen MR) is 108 cm³/mol. The summed E-state index contributed by atoms with van der Waals surface area (Å²) in [5, 5.41) is 0. The van der Waals surface area contributed by atoms with Gasteiger partial charge in [0.25, 0.3) is 0 Å². The van der Waals surface area contributed by atoms with Crippen LogP contribution in [0.3, 0.4) is 0 Å². The number of esters is 1. The van der Waals surface area contributed by atoms with Crippen LogP contribution in [0.1, 0.15) is 30.4 Å². The standard InChI is InChI=1S/C23H25NO4/c1-27-23(26)14-15-24(20-11-12-20)22(25)13-10-18-8-5-9-21(16-18)28-17-19-6-3-2-4-7-19/h2-10,13,16,20H,11-12,14-15,17H2,1H3/b13-10+. The summed E-state index contributed by atoms with van der Waals surface area (Å²) < 4.78 is 10.5. The van der Waals surface area contributed by atoms with Crippen LogP contribution in [-0.4, -0.2) is 36.5 Å². The van der Waals surface area contributed by atoms with Crippen molar-refractivity contribution >= 4 is 18.0 Å². The Morgan fingerprint density at radius 2 is 1.89 bits per heavy atom. The van der Waals surface area contributed by atoms with Gasteiger partial charge in [0, 0.05) is 18.7 Å². The molecule has 28 heavy (non-hydrogen) atoms. The van der Waals surface area contributed by atoms with Crippen molar-refractivity contribution in [2.45, 2.75) is 31.9 Å². The fourth-order valence-corrected chi connectivity index (χ4v) is 2.88. The SMILES string of the molecule is COC(=O)CCN(C(=O)/C=C/c1cccc(OCc2ccccc2)c1)C1CC1. The Morgan fingerprint density at radius 3 is 2.61 bits per heavy atom. The first kappa shape index (κ1) is 19.7. The summed E-state index contributed by atoms with van der Waals surface area (Å²) in [6.45, 7) is 0.886. The molecule has 0 bridgehead atoms. The lowest BCUT2D eigenvalue weighted by Crippen LogP contribution is -2.33. The van der Waals surface area contributed by atoms with Gasteiger partial charge in [-0.25, -0.2) is 0 Å². The quantitative estimate of drug-likeness (QED) is 0.491. The third-order valence-corrected chi connectivity index (χ3v) is 4.58. The summed E-state index contributed by atoms with van der Waals surface area (Å²) in [7, 11) is 1.36. The van der Waals surface area contributed by atoms with Crippen molar-refractivity contribution in [1.29, 1.82) is 0 Å². The third-order valence-electron chi connectivity index (χ3n) is 4.58. The second kappa shape index (κ2) is 9.74. The highest BCUT2D eigenvalue weighted by Crippen LogP contribution is 2.27. The Hall–Kier alpha value is -3.08. The second-order valence-corrected chi connectivity index (χ2v) is 6.77. The van der Waals surface area contributed by atoms with Crippen LogP contribution in [0.4, 0.5) is 0 Å². The smallest absolute Gasteiger partial charge is 0.307 e. The molecule has 0 aliphatic heterocycles. The lowest BCUT2D eigenvalue weighted by Gasteiger charge is -2.20. The summed E-state index contributed by atoms with van der Waals surface area (Å²) in [5.74, 6) is 0.371. The van der Waals surface area contributed by atoms with Crippen molar-refractivity contribution in [2.75, 3.05) is 13.7 Å². The molecule has 0 aromatic heterocycles. The van der Waals surface area contributed by atoms with Crippen LogP contribution in [0.25, 0.3) is 6.08 Å². The van der Waals surface area contributed by atoms with Gasteiger partial charge in [-0.3, -0.25) is 9.59 Å². The normalized spacial score (nSPS) is 13.3. The maximum atomic E-state index is 12.6. The summed E-state index contributed by atoms with van der Waals surface area (Å²) in [5.41, 5.74) is 1.99. The Bertz CT molecular complexity index is 828. The molecule has 1 saturated carbocycles. The van der Waals surface area contributed by atoms with E-state index in [4.69, 9.17) is 4.74 Å². The first-order valence-corrected chi connectivity index (χ1v) is 9.48. The summed E-state index contributed by atoms with van der Waals surface area (Å²) in [4.78, 5) is 25.7. The Balaban J connectivity index is 1.58. The molecule has 3 rings (SSSR count). The monoisotopic (exact) mass is 379 g/mol. The number of rotatable bonds is 9. The Morgan fingerprint density at radius 1 is 1.11 bits per heavy atom. The summed E-state index contributed by atoms with van der Waals surface area (Å²) in [6.07, 6.45) is 5.54. The van der Waals surface area contributed by atoms with Gasteiger partial charge >= 0.3 is 5.97 Å². The van der Waals surface area contributed by atoms with E-state index in [2.05, 4.69) is 4.74 Å². The molecule has 0 N–H and O–H groups in total. The molecular weight excluding hydrogens is 354 g/mol. The van der Waals surface area contributed by atoms with Crippen LogP contribution in [0.15, 0.2) is 60.7 Å². The molecule has 2 aromatic rings. The molecule has 1 aliphatic rings. The highest BCUT2D eigenvalue weighted by molar-refractivity contribution is 5.92. The highest BCUT2D eigenvalue weighted by Gasteiger charge is 2.31. The van der Waals surface area contributed by atoms with Crippen LogP contribution in [0.5, 0.6) is 5.75 Å². The number of nitrogens with zero attached hydrogens (tertiary/aromatic N) is 1. The first-order valence-electron chi connectivity index (χ1n) is 9.48. The van der Waals surface area contributed by atoms with Crippen molar-refractivity contribution < 1.29 is 19.1 Å². The minimum atomic E-state index is -0.300. The van der Waals surface area contributed by atoms with E-state index in [1.807, 2.05) is 54.6 Å². The van der Waals surface area contributed by atoms with Crippen LogP contribution in [0, 0.1) is 0 Å². The van der Waals surface area contributed by atoms with E-state index in [0.717, 1.165) is 29.7 Å². The van der Waals surface area contributed by atoms with Gasteiger partial charge in [-0.2, -0.15) is 0 Å². The molecule has 2 aromatic carbocycles. The average molecular weight is 379 g/mol. The number of methoxy groups -OCH3 is 1. The van der Waals surface area contributed by atoms with Crippen LogP contribution in [0.2, 0.25) is 0 Å². The van der Waals surface area contributed by atoms with E-state index in [9.17, 15) is 9.59 Å². The minimum absolute atomic E-state index is 0.0815. The predicted octanol–water partition coefficient (Wildman–Crippen LogP) is 3.83. The van der Waals surface area contributed by atoms with Gasteiger partial charge in [0.15, 0.2) is 0 Å². The van der Waals surface area contributed by atoms with Crippen molar-refractivity contribution in [3.63, 3.8) is 0 Å². The van der Waals surface area contributed by atoms with E-state index in [1.54, 1.807) is 17.1 Å². The molecule has 0 radical (unpaired) electrons. The number of benzene rings is 2. The van der Waals surface area contributed by atoms with Crippen LogP contribution < -0.4 is 4.74 Å². The molecular formula is C23H25NO4. The zero-order valence-corrected chi connectivity index (χ0v) is 16.0. The van der Waals surface area contributed by atoms with Crippen molar-refractivity contribution in [3.05, 3.63) is 71.8 Å².